The first-order valence-corrected chi connectivity index (χ1v) is 8.55. The van der Waals surface area contributed by atoms with Crippen LogP contribution in [0.5, 0.6) is 11.5 Å². The van der Waals surface area contributed by atoms with Gasteiger partial charge in [0.2, 0.25) is 0 Å². The zero-order valence-corrected chi connectivity index (χ0v) is 14.4. The number of aromatic hydroxyl groups is 1. The summed E-state index contributed by atoms with van der Waals surface area (Å²) in [6.45, 7) is 0.564. The number of phenols is 1. The third-order valence-electron chi connectivity index (χ3n) is 5.58. The topological polar surface area (TPSA) is 52.9 Å². The molecule has 7 heteroatoms. The first kappa shape index (κ1) is 18.3. The average molecular weight is 359 g/mol. The second kappa shape index (κ2) is 6.36. The number of nitrogens with zero attached hydrogens (tertiary/aromatic N) is 1. The number of benzene rings is 1. The molecule has 0 aromatic heterocycles. The highest BCUT2D eigenvalue weighted by atomic mass is 19.4. The van der Waals surface area contributed by atoms with Crippen LogP contribution in [0, 0.1) is 17.8 Å². The Morgan fingerprint density at radius 3 is 2.64 bits per heavy atom. The van der Waals surface area contributed by atoms with Crippen LogP contribution in [0.2, 0.25) is 0 Å². The van der Waals surface area contributed by atoms with Crippen molar-refractivity contribution in [2.75, 3.05) is 20.6 Å². The molecule has 4 atom stereocenters. The van der Waals surface area contributed by atoms with Crippen molar-refractivity contribution in [3.8, 4) is 11.5 Å². The van der Waals surface area contributed by atoms with E-state index in [1.54, 1.807) is 0 Å². The highest BCUT2D eigenvalue weighted by molar-refractivity contribution is 5.44. The second-order valence-corrected chi connectivity index (χ2v) is 7.66. The molecule has 4 nitrogen and oxygen atoms in total. The molecule has 2 bridgehead atoms. The van der Waals surface area contributed by atoms with E-state index in [-0.39, 0.29) is 29.1 Å². The van der Waals surface area contributed by atoms with Crippen LogP contribution in [0.25, 0.3) is 0 Å². The van der Waals surface area contributed by atoms with Gasteiger partial charge < -0.3 is 19.8 Å². The first-order chi connectivity index (χ1) is 11.6. The Bertz CT molecular complexity index is 634. The third kappa shape index (κ3) is 3.72. The number of aliphatic hydroxyl groups is 1. The lowest BCUT2D eigenvalue weighted by Crippen LogP contribution is -2.47. The normalized spacial score (nSPS) is 32.2. The summed E-state index contributed by atoms with van der Waals surface area (Å²) >= 11 is 0. The number of phenolic OH excluding ortho intramolecular Hbond substituents is 1. The highest BCUT2D eigenvalue weighted by Gasteiger charge is 2.53. The van der Waals surface area contributed by atoms with Crippen LogP contribution < -0.4 is 4.74 Å². The molecule has 0 heterocycles. The van der Waals surface area contributed by atoms with Crippen molar-refractivity contribution in [1.29, 1.82) is 0 Å². The minimum Gasteiger partial charge on any atom is -0.508 e. The Labute approximate surface area is 145 Å². The van der Waals surface area contributed by atoms with E-state index >= 15 is 0 Å². The fourth-order valence-corrected chi connectivity index (χ4v) is 4.72. The quantitative estimate of drug-likeness (QED) is 0.864. The van der Waals surface area contributed by atoms with Crippen molar-refractivity contribution in [3.63, 3.8) is 0 Å². The van der Waals surface area contributed by atoms with Crippen LogP contribution in [-0.4, -0.2) is 42.1 Å². The Kier molecular flexibility index (Phi) is 4.66. The Balaban J connectivity index is 2.06. The standard InChI is InChI=1S/C18H24F3NO3/c1-22(2)10-15-12-4-3-11(7-12)9-17(15,24)14-8-13(23)5-6-16(14)25-18(19,20)21/h5-6,8,11-12,15,23-24H,3-4,7,9-10H2,1-2H3/t11?,12?,15-,17-/m0/s1. The van der Waals surface area contributed by atoms with Crippen molar-refractivity contribution in [2.24, 2.45) is 17.8 Å². The van der Waals surface area contributed by atoms with E-state index in [1.165, 1.54) is 6.07 Å². The molecule has 2 unspecified atom stereocenters. The monoisotopic (exact) mass is 359 g/mol. The van der Waals surface area contributed by atoms with Crippen LogP contribution in [0.15, 0.2) is 18.2 Å². The molecule has 0 aliphatic heterocycles. The zero-order valence-electron chi connectivity index (χ0n) is 14.4. The van der Waals surface area contributed by atoms with Crippen molar-refractivity contribution < 1.29 is 28.1 Å². The van der Waals surface area contributed by atoms with Gasteiger partial charge >= 0.3 is 6.36 Å². The van der Waals surface area contributed by atoms with Gasteiger partial charge in [0.05, 0.1) is 5.60 Å². The minimum atomic E-state index is -4.85. The van der Waals surface area contributed by atoms with Gasteiger partial charge in [-0.05, 0) is 63.4 Å². The maximum atomic E-state index is 12.8. The lowest BCUT2D eigenvalue weighted by atomic mass is 9.65. The maximum absolute atomic E-state index is 12.8. The van der Waals surface area contributed by atoms with Crippen molar-refractivity contribution in [3.05, 3.63) is 23.8 Å². The summed E-state index contributed by atoms with van der Waals surface area (Å²) in [6.07, 6.45) is -1.52. The largest absolute Gasteiger partial charge is 0.573 e. The summed E-state index contributed by atoms with van der Waals surface area (Å²) in [7, 11) is 3.77. The van der Waals surface area contributed by atoms with Crippen molar-refractivity contribution in [2.45, 2.75) is 37.6 Å². The highest BCUT2D eigenvalue weighted by Crippen LogP contribution is 2.56. The SMILES string of the molecule is CN(C)C[C@H]1C2CCC(C2)C[C@]1(O)c1cc(O)ccc1OC(F)(F)F. The molecule has 3 rings (SSSR count). The molecule has 2 N–H and O–H groups in total. The summed E-state index contributed by atoms with van der Waals surface area (Å²) < 4.78 is 42.6. The van der Waals surface area contributed by atoms with Gasteiger partial charge in [-0.3, -0.25) is 0 Å². The Hall–Kier alpha value is -1.47. The maximum Gasteiger partial charge on any atom is 0.573 e. The van der Waals surface area contributed by atoms with E-state index in [0.717, 1.165) is 31.4 Å². The first-order valence-electron chi connectivity index (χ1n) is 8.55. The predicted molar refractivity (Wildman–Crippen MR) is 86.2 cm³/mol. The van der Waals surface area contributed by atoms with E-state index in [4.69, 9.17) is 0 Å². The number of halogens is 3. The number of ether oxygens (including phenoxy) is 1. The number of fused-ring (bicyclic) bond motifs is 2. The molecule has 2 fully saturated rings. The molecule has 0 saturated heterocycles. The molecule has 1 aromatic rings. The lowest BCUT2D eigenvalue weighted by Gasteiger charge is -2.46. The zero-order chi connectivity index (χ0) is 18.4. The molecule has 1 aromatic carbocycles. The molecule has 0 radical (unpaired) electrons. The van der Waals surface area contributed by atoms with Crippen LogP contribution >= 0.6 is 0 Å². The molecule has 2 aliphatic rings. The number of rotatable bonds is 4. The summed E-state index contributed by atoms with van der Waals surface area (Å²) in [6, 6.07) is 3.44. The fourth-order valence-electron chi connectivity index (χ4n) is 4.72. The van der Waals surface area contributed by atoms with Gasteiger partial charge in [0.1, 0.15) is 11.5 Å². The lowest BCUT2D eigenvalue weighted by molar-refractivity contribution is -0.275. The van der Waals surface area contributed by atoms with Crippen LogP contribution in [0.1, 0.15) is 31.2 Å². The molecule has 140 valence electrons. The van der Waals surface area contributed by atoms with Crippen LogP contribution in [0.3, 0.4) is 0 Å². The van der Waals surface area contributed by atoms with Crippen LogP contribution in [-0.2, 0) is 5.60 Å². The number of alkyl halides is 3. The van der Waals surface area contributed by atoms with Gasteiger partial charge in [-0.1, -0.05) is 6.42 Å². The van der Waals surface area contributed by atoms with Gasteiger partial charge in [-0.25, -0.2) is 0 Å². The molecule has 0 amide bonds. The number of hydrogen-bond acceptors (Lipinski definition) is 4. The summed E-state index contributed by atoms with van der Waals surface area (Å²) in [5.74, 6) is -0.280. The minimum absolute atomic E-state index is 0.0354. The summed E-state index contributed by atoms with van der Waals surface area (Å²) in [4.78, 5) is 1.95. The number of hydrogen-bond donors (Lipinski definition) is 2. The molecule has 2 aliphatic carbocycles. The smallest absolute Gasteiger partial charge is 0.508 e. The van der Waals surface area contributed by atoms with Gasteiger partial charge in [0, 0.05) is 18.0 Å². The van der Waals surface area contributed by atoms with Gasteiger partial charge in [-0.15, -0.1) is 13.2 Å². The van der Waals surface area contributed by atoms with Gasteiger partial charge in [0.15, 0.2) is 0 Å². The predicted octanol–water partition coefficient (Wildman–Crippen LogP) is 3.48. The third-order valence-corrected chi connectivity index (χ3v) is 5.58. The Morgan fingerprint density at radius 2 is 2.00 bits per heavy atom. The van der Waals surface area contributed by atoms with E-state index in [2.05, 4.69) is 4.74 Å². The molecular weight excluding hydrogens is 335 g/mol. The van der Waals surface area contributed by atoms with Crippen LogP contribution in [0.4, 0.5) is 13.2 Å². The van der Waals surface area contributed by atoms with Crippen molar-refractivity contribution in [1.82, 2.24) is 4.90 Å². The second-order valence-electron chi connectivity index (χ2n) is 7.66. The molecule has 2 saturated carbocycles. The Morgan fingerprint density at radius 1 is 1.28 bits per heavy atom. The summed E-state index contributed by atoms with van der Waals surface area (Å²) in [5, 5.41) is 21.4. The van der Waals surface area contributed by atoms with E-state index < -0.39 is 17.7 Å². The fraction of sp³-hybridized carbons (Fsp3) is 0.667. The molecule has 0 spiro atoms. The van der Waals surface area contributed by atoms with Gasteiger partial charge in [0.25, 0.3) is 0 Å². The summed E-state index contributed by atoms with van der Waals surface area (Å²) in [5.41, 5.74) is -1.42. The van der Waals surface area contributed by atoms with Gasteiger partial charge in [-0.2, -0.15) is 0 Å². The molecule has 25 heavy (non-hydrogen) atoms. The van der Waals surface area contributed by atoms with E-state index in [9.17, 15) is 23.4 Å². The molecular formula is C18H24F3NO3. The van der Waals surface area contributed by atoms with E-state index in [1.807, 2.05) is 19.0 Å². The van der Waals surface area contributed by atoms with Crippen molar-refractivity contribution >= 4 is 0 Å². The van der Waals surface area contributed by atoms with E-state index in [0.29, 0.717) is 13.0 Å². The average Bonchev–Trinajstić information content (AvgIpc) is 2.87.